The number of carbonyl (C=O) groups excluding carboxylic acids is 4. The van der Waals surface area contributed by atoms with Crippen molar-refractivity contribution < 1.29 is 48.9 Å². The molecular formula is C22H37N3O10. The van der Waals surface area contributed by atoms with E-state index in [1.165, 1.54) is 4.90 Å². The monoisotopic (exact) mass is 503 g/mol. The van der Waals surface area contributed by atoms with E-state index < -0.39 is 42.5 Å². The van der Waals surface area contributed by atoms with Crippen LogP contribution in [0.25, 0.3) is 0 Å². The van der Waals surface area contributed by atoms with Crippen molar-refractivity contribution in [2.24, 2.45) is 5.41 Å². The first kappa shape index (κ1) is 34.2. The second kappa shape index (κ2) is 17.5. The lowest BCUT2D eigenvalue weighted by Gasteiger charge is -2.47. The van der Waals surface area contributed by atoms with Gasteiger partial charge in [0.15, 0.2) is 0 Å². The smallest absolute Gasteiger partial charge is 0.373 e. The van der Waals surface area contributed by atoms with E-state index in [0.29, 0.717) is 6.54 Å². The van der Waals surface area contributed by atoms with E-state index in [9.17, 15) is 29.7 Å². The van der Waals surface area contributed by atoms with Crippen LogP contribution in [0.2, 0.25) is 0 Å². The Balaban J connectivity index is 0. The molecule has 3 atom stereocenters. The zero-order valence-corrected chi connectivity index (χ0v) is 20.9. The van der Waals surface area contributed by atoms with Gasteiger partial charge in [0, 0.05) is 24.7 Å². The first-order valence-electron chi connectivity index (χ1n) is 10.9. The highest BCUT2D eigenvalue weighted by Gasteiger charge is 2.39. The molecule has 13 nitrogen and oxygen atoms in total. The number of hydrogen-bond donors (Lipinski definition) is 3. The fourth-order valence-corrected chi connectivity index (χ4v) is 4.39. The van der Waals surface area contributed by atoms with Crippen LogP contribution in [0.5, 0.6) is 0 Å². The number of likely N-dealkylation sites (N-methyl/N-ethyl adjacent to an activating group) is 1. The number of nitrogens with zero attached hydrogens (tertiary/aromatic N) is 3. The molecule has 0 bridgehead atoms. The summed E-state index contributed by atoms with van der Waals surface area (Å²) in [4.78, 5) is 72.4. The van der Waals surface area contributed by atoms with Crippen LogP contribution in [-0.2, 0) is 33.6 Å². The summed E-state index contributed by atoms with van der Waals surface area (Å²) in [5, 5.41) is 28.1. The summed E-state index contributed by atoms with van der Waals surface area (Å²) in [5.74, 6) is -3.15. The maximum absolute atomic E-state index is 11.6. The second-order valence-corrected chi connectivity index (χ2v) is 9.45. The largest absolute Gasteiger partial charge is 0.480 e. The van der Waals surface area contributed by atoms with Gasteiger partial charge in [0.25, 0.3) is 0 Å². The van der Waals surface area contributed by atoms with Crippen LogP contribution < -0.4 is 0 Å². The van der Waals surface area contributed by atoms with Crippen molar-refractivity contribution in [1.29, 1.82) is 0 Å². The minimum absolute atomic E-state index is 0.0243. The van der Waals surface area contributed by atoms with E-state index in [4.69, 9.17) is 19.2 Å². The van der Waals surface area contributed by atoms with Gasteiger partial charge in [-0.05, 0) is 32.4 Å². The van der Waals surface area contributed by atoms with E-state index in [0.717, 1.165) is 25.7 Å². The zero-order valence-electron chi connectivity index (χ0n) is 20.9. The first-order chi connectivity index (χ1) is 16.2. The fourth-order valence-electron chi connectivity index (χ4n) is 4.39. The third-order valence-electron chi connectivity index (χ3n) is 5.69. The van der Waals surface area contributed by atoms with Crippen LogP contribution in [0.1, 0.15) is 46.5 Å². The maximum atomic E-state index is 11.6. The molecule has 1 fully saturated rings. The maximum Gasteiger partial charge on any atom is 0.373 e. The number of carboxylic acids is 3. The topological polar surface area (TPSA) is 190 Å². The Bertz CT molecular complexity index is 710. The van der Waals surface area contributed by atoms with Crippen molar-refractivity contribution in [3.8, 4) is 0 Å². The minimum atomic E-state index is -1.10. The molecule has 0 radical (unpaired) electrons. The summed E-state index contributed by atoms with van der Waals surface area (Å²) >= 11 is 0. The van der Waals surface area contributed by atoms with Crippen molar-refractivity contribution in [2.75, 3.05) is 40.3 Å². The Hall–Kier alpha value is -2.95. The molecule has 0 aromatic heterocycles. The molecule has 1 saturated carbocycles. The molecule has 13 heteroatoms. The first-order valence-corrected chi connectivity index (χ1v) is 10.9. The Labute approximate surface area is 204 Å². The van der Waals surface area contributed by atoms with Gasteiger partial charge in [0.1, 0.15) is 0 Å². The van der Waals surface area contributed by atoms with Crippen LogP contribution in [0.4, 0.5) is 0 Å². The van der Waals surface area contributed by atoms with Crippen molar-refractivity contribution in [3.63, 3.8) is 0 Å². The molecule has 1 aliphatic carbocycles. The molecule has 0 aromatic carbocycles. The SMILES string of the molecule is CN(C)[C@@H]1CCCC[C@@H]1N(CC(=O)O)C[C@H](N(CC(=O)O)CC(=O)O)C(C)(C)C.O=C=O.O=C=O. The molecule has 3 N–H and O–H groups in total. The second-order valence-electron chi connectivity index (χ2n) is 9.45. The molecule has 0 aliphatic heterocycles. The van der Waals surface area contributed by atoms with Gasteiger partial charge in [-0.2, -0.15) is 19.2 Å². The molecule has 1 rings (SSSR count). The Morgan fingerprint density at radius 1 is 0.800 bits per heavy atom. The van der Waals surface area contributed by atoms with Crippen LogP contribution >= 0.6 is 0 Å². The summed E-state index contributed by atoms with van der Waals surface area (Å²) in [6.07, 6.45) is 4.44. The van der Waals surface area contributed by atoms with Crippen molar-refractivity contribution in [2.45, 2.75) is 64.6 Å². The van der Waals surface area contributed by atoms with Gasteiger partial charge in [-0.3, -0.25) is 24.2 Å². The van der Waals surface area contributed by atoms with E-state index in [1.807, 2.05) is 39.8 Å². The minimum Gasteiger partial charge on any atom is -0.480 e. The Kier molecular flexibility index (Phi) is 17.1. The molecule has 0 saturated heterocycles. The highest BCUT2D eigenvalue weighted by atomic mass is 16.4. The predicted molar refractivity (Wildman–Crippen MR) is 119 cm³/mol. The molecular weight excluding hydrogens is 466 g/mol. The molecule has 0 unspecified atom stereocenters. The van der Waals surface area contributed by atoms with Gasteiger partial charge in [0.05, 0.1) is 19.6 Å². The Morgan fingerprint density at radius 2 is 1.17 bits per heavy atom. The van der Waals surface area contributed by atoms with Crippen LogP contribution in [0.3, 0.4) is 0 Å². The summed E-state index contributed by atoms with van der Waals surface area (Å²) in [6.45, 7) is 5.11. The summed E-state index contributed by atoms with van der Waals surface area (Å²) in [6, 6.07) is -0.203. The van der Waals surface area contributed by atoms with Crippen molar-refractivity contribution >= 4 is 30.2 Å². The number of hydrogen-bond acceptors (Lipinski definition) is 10. The zero-order chi connectivity index (χ0) is 27.8. The summed E-state index contributed by atoms with van der Waals surface area (Å²) in [5.41, 5.74) is -0.441. The third kappa shape index (κ3) is 14.8. The lowest BCUT2D eigenvalue weighted by molar-refractivity contribution is -0.193. The fraction of sp³-hybridized carbons (Fsp3) is 0.773. The summed E-state index contributed by atoms with van der Waals surface area (Å²) < 4.78 is 0. The molecule has 0 heterocycles. The average molecular weight is 504 g/mol. The highest BCUT2D eigenvalue weighted by molar-refractivity contribution is 5.72. The molecule has 200 valence electrons. The highest BCUT2D eigenvalue weighted by Crippen LogP contribution is 2.30. The predicted octanol–water partition coefficient (Wildman–Crippen LogP) is -0.0353. The molecule has 35 heavy (non-hydrogen) atoms. The lowest BCUT2D eigenvalue weighted by Crippen LogP contribution is -2.59. The average Bonchev–Trinajstić information content (AvgIpc) is 2.70. The third-order valence-corrected chi connectivity index (χ3v) is 5.69. The van der Waals surface area contributed by atoms with E-state index >= 15 is 0 Å². The van der Waals surface area contributed by atoms with Crippen molar-refractivity contribution in [1.82, 2.24) is 14.7 Å². The van der Waals surface area contributed by atoms with Crippen molar-refractivity contribution in [3.05, 3.63) is 0 Å². The number of rotatable bonds is 11. The number of aliphatic carboxylic acids is 3. The van der Waals surface area contributed by atoms with Crippen LogP contribution in [0, 0.1) is 5.41 Å². The molecule has 1 aliphatic rings. The van der Waals surface area contributed by atoms with Gasteiger partial charge in [-0.1, -0.05) is 33.6 Å². The molecule has 0 spiro atoms. The van der Waals surface area contributed by atoms with Gasteiger partial charge in [0.2, 0.25) is 0 Å². The molecule has 0 amide bonds. The van der Waals surface area contributed by atoms with E-state index in [2.05, 4.69) is 4.90 Å². The van der Waals surface area contributed by atoms with Crippen LogP contribution in [0.15, 0.2) is 0 Å². The van der Waals surface area contributed by atoms with E-state index in [-0.39, 0.29) is 30.9 Å². The lowest BCUT2D eigenvalue weighted by atomic mass is 9.83. The van der Waals surface area contributed by atoms with Gasteiger partial charge in [-0.15, -0.1) is 0 Å². The van der Waals surface area contributed by atoms with Crippen LogP contribution in [-0.4, -0.2) is 119 Å². The normalized spacial score (nSPS) is 18.3. The number of carbonyl (C=O) groups is 3. The number of carboxylic acid groups (broad SMARTS) is 3. The van der Waals surface area contributed by atoms with E-state index in [1.54, 1.807) is 0 Å². The van der Waals surface area contributed by atoms with Gasteiger partial charge < -0.3 is 20.2 Å². The molecule has 0 aromatic rings. The van der Waals surface area contributed by atoms with Gasteiger partial charge in [-0.25, -0.2) is 0 Å². The summed E-state index contributed by atoms with van der Waals surface area (Å²) in [7, 11) is 3.98. The van der Waals surface area contributed by atoms with Gasteiger partial charge >= 0.3 is 30.2 Å². The standard InChI is InChI=1S/C20H37N3O6.2CO2/c1-20(2,3)16(23(12-18(26)27)13-19(28)29)10-22(11-17(24)25)15-9-7-6-8-14(15)21(4)5;2*2-1-3/h14-16H,6-13H2,1-5H3,(H,24,25)(H,26,27)(H,28,29);;/t14-,15+,16+;;/m1../s1. The Morgan fingerprint density at radius 3 is 1.49 bits per heavy atom. The quantitative estimate of drug-likeness (QED) is 0.341.